The Morgan fingerprint density at radius 1 is 0.525 bits per heavy atom. The molecule has 0 bridgehead atoms. The van der Waals surface area contributed by atoms with Gasteiger partial charge in [-0.2, -0.15) is 0 Å². The van der Waals surface area contributed by atoms with Crippen LogP contribution in [0.4, 0.5) is 0 Å². The van der Waals surface area contributed by atoms with Crippen LogP contribution in [0.15, 0.2) is 60.8 Å². The zero-order chi connectivity index (χ0) is 44.9. The number of hydrogen-bond acceptors (Lipinski definition) is 7. The fourth-order valence-corrected chi connectivity index (χ4v) is 7.08. The van der Waals surface area contributed by atoms with E-state index in [2.05, 4.69) is 74.6 Å². The molecule has 8 nitrogen and oxygen atoms in total. The second-order valence-electron chi connectivity index (χ2n) is 17.7. The largest absolute Gasteiger partial charge is 0.544 e. The molecule has 0 aromatic carbocycles. The summed E-state index contributed by atoms with van der Waals surface area (Å²) in [4.78, 5) is 37.0. The lowest BCUT2D eigenvalue weighted by atomic mass is 10.1. The molecule has 0 spiro atoms. The molecule has 0 saturated carbocycles. The molecular weight excluding hydrogens is 763 g/mol. The molecule has 0 amide bonds. The number of carboxylic acid groups (broad SMARTS) is 1. The van der Waals surface area contributed by atoms with Crippen LogP contribution in [0.25, 0.3) is 0 Å². The van der Waals surface area contributed by atoms with Gasteiger partial charge in [-0.1, -0.05) is 177 Å². The first-order valence-electron chi connectivity index (χ1n) is 24.8. The zero-order valence-corrected chi connectivity index (χ0v) is 40.1. The molecule has 0 aliphatic rings. The lowest BCUT2D eigenvalue weighted by molar-refractivity contribution is -0.889. The van der Waals surface area contributed by atoms with E-state index in [0.29, 0.717) is 12.8 Å². The van der Waals surface area contributed by atoms with E-state index >= 15 is 0 Å². The number of unbranched alkanes of at least 4 members (excludes halogenated alkanes) is 21. The summed E-state index contributed by atoms with van der Waals surface area (Å²) in [5.41, 5.74) is 0. The average Bonchev–Trinajstić information content (AvgIpc) is 3.22. The summed E-state index contributed by atoms with van der Waals surface area (Å²) in [6.07, 6.45) is 53.9. The summed E-state index contributed by atoms with van der Waals surface area (Å²) in [6, 6.07) is -0.731. The summed E-state index contributed by atoms with van der Waals surface area (Å²) in [5.74, 6) is -1.76. The zero-order valence-electron chi connectivity index (χ0n) is 40.1. The molecular formula is C53H93NO7. The lowest BCUT2D eigenvalue weighted by Crippen LogP contribution is -2.55. The molecule has 61 heavy (non-hydrogen) atoms. The minimum absolute atomic E-state index is 0.0319. The quantitative estimate of drug-likeness (QED) is 0.0198. The fraction of sp³-hybridized carbons (Fsp3) is 0.755. The van der Waals surface area contributed by atoms with E-state index in [0.717, 1.165) is 83.5 Å². The Labute approximate surface area is 375 Å². The van der Waals surface area contributed by atoms with Crippen LogP contribution in [-0.4, -0.2) is 75.5 Å². The van der Waals surface area contributed by atoms with Gasteiger partial charge in [-0.15, -0.1) is 0 Å². The monoisotopic (exact) mass is 856 g/mol. The maximum atomic E-state index is 12.8. The Bertz CT molecular complexity index is 1180. The van der Waals surface area contributed by atoms with E-state index in [4.69, 9.17) is 14.2 Å². The number of allylic oxidation sites excluding steroid dienone is 10. The van der Waals surface area contributed by atoms with Gasteiger partial charge in [0.1, 0.15) is 12.6 Å². The predicted molar refractivity (Wildman–Crippen MR) is 254 cm³/mol. The van der Waals surface area contributed by atoms with Gasteiger partial charge in [0.25, 0.3) is 0 Å². The van der Waals surface area contributed by atoms with Crippen molar-refractivity contribution in [3.05, 3.63) is 60.8 Å². The van der Waals surface area contributed by atoms with Crippen molar-refractivity contribution in [2.24, 2.45) is 0 Å². The van der Waals surface area contributed by atoms with Gasteiger partial charge in [-0.3, -0.25) is 9.59 Å². The molecule has 0 radical (unpaired) electrons. The van der Waals surface area contributed by atoms with E-state index in [1.165, 1.54) is 89.9 Å². The summed E-state index contributed by atoms with van der Waals surface area (Å²) < 4.78 is 17.2. The van der Waals surface area contributed by atoms with Crippen LogP contribution in [-0.2, 0) is 28.6 Å². The van der Waals surface area contributed by atoms with Crippen LogP contribution >= 0.6 is 0 Å². The summed E-state index contributed by atoms with van der Waals surface area (Å²) in [5, 5.41) is 11.7. The number of aliphatic carboxylic acids is 1. The molecule has 0 saturated heterocycles. The lowest BCUT2D eigenvalue weighted by Gasteiger charge is -2.34. The van der Waals surface area contributed by atoms with Crippen LogP contribution in [0.5, 0.6) is 0 Å². The Kier molecular flexibility index (Phi) is 41.5. The van der Waals surface area contributed by atoms with Crippen LogP contribution in [0.2, 0.25) is 0 Å². The number of hydrogen-bond donors (Lipinski definition) is 0. The summed E-state index contributed by atoms with van der Waals surface area (Å²) in [7, 11) is 5.40. The molecule has 0 fully saturated rings. The molecule has 2 atom stereocenters. The standard InChI is InChI=1S/C53H93NO7/c1-6-8-10-12-14-16-18-20-22-24-26-28-30-32-34-36-38-40-42-44-52(56)61-49(47-59-46-45-50(53(57)58)54(3,4)5)48-60-51(55)43-41-39-37-35-33-31-29-27-25-23-21-19-17-15-13-11-9-7-2/h8,10,14,16,20,22-23,25,27,29,49-50H,6-7,9,11-13,15,17-19,21,24,26,28,30-48H2,1-5H3/b10-8+,16-14+,22-20+,25-23+,29-27+. The van der Waals surface area contributed by atoms with Gasteiger partial charge < -0.3 is 28.6 Å². The smallest absolute Gasteiger partial charge is 0.306 e. The van der Waals surface area contributed by atoms with Gasteiger partial charge in [0.05, 0.1) is 40.3 Å². The SMILES string of the molecule is CC/C=C/C/C=C/C/C=C/CCCCCCCCCCCC(=O)OC(COCCC(C(=O)[O-])[N+](C)(C)C)COC(=O)CCCCCCC/C=C/C=C/CCCCCCCCC. The third-order valence-electron chi connectivity index (χ3n) is 10.9. The first kappa shape index (κ1) is 58.0. The molecule has 0 aliphatic carbocycles. The van der Waals surface area contributed by atoms with Crippen LogP contribution < -0.4 is 5.11 Å². The Hall–Kier alpha value is -2.97. The Morgan fingerprint density at radius 2 is 0.967 bits per heavy atom. The maximum absolute atomic E-state index is 12.8. The Morgan fingerprint density at radius 3 is 1.46 bits per heavy atom. The van der Waals surface area contributed by atoms with Gasteiger partial charge in [-0.05, 0) is 70.6 Å². The van der Waals surface area contributed by atoms with E-state index in [1.54, 1.807) is 21.1 Å². The molecule has 0 N–H and O–H groups in total. The molecule has 0 rings (SSSR count). The number of nitrogens with zero attached hydrogens (tertiary/aromatic N) is 1. The van der Waals surface area contributed by atoms with E-state index in [-0.39, 0.29) is 42.7 Å². The van der Waals surface area contributed by atoms with Crippen molar-refractivity contribution in [3.63, 3.8) is 0 Å². The first-order chi connectivity index (χ1) is 29.6. The number of esters is 2. The Balaban J connectivity index is 4.31. The van der Waals surface area contributed by atoms with Gasteiger partial charge in [0.2, 0.25) is 0 Å². The number of carboxylic acids is 1. The normalized spacial score (nSPS) is 13.4. The number of rotatable bonds is 44. The van der Waals surface area contributed by atoms with Crippen molar-refractivity contribution in [2.75, 3.05) is 41.0 Å². The third-order valence-corrected chi connectivity index (χ3v) is 10.9. The van der Waals surface area contributed by atoms with E-state index in [9.17, 15) is 19.5 Å². The van der Waals surface area contributed by atoms with Gasteiger partial charge in [0.15, 0.2) is 6.10 Å². The molecule has 0 aliphatic heterocycles. The first-order valence-corrected chi connectivity index (χ1v) is 24.8. The van der Waals surface area contributed by atoms with E-state index in [1.807, 2.05) is 0 Å². The van der Waals surface area contributed by atoms with Crippen molar-refractivity contribution in [3.8, 4) is 0 Å². The maximum Gasteiger partial charge on any atom is 0.306 e. The number of ether oxygens (including phenoxy) is 3. The second-order valence-corrected chi connectivity index (χ2v) is 17.7. The number of carbonyl (C=O) groups is 3. The van der Waals surface area contributed by atoms with Gasteiger partial charge in [0, 0.05) is 19.3 Å². The number of carbonyl (C=O) groups excluding carboxylic acids is 3. The summed E-state index contributed by atoms with van der Waals surface area (Å²) >= 11 is 0. The van der Waals surface area contributed by atoms with Crippen molar-refractivity contribution in [1.29, 1.82) is 0 Å². The van der Waals surface area contributed by atoms with Crippen molar-refractivity contribution < 1.29 is 38.2 Å². The molecule has 352 valence electrons. The highest BCUT2D eigenvalue weighted by molar-refractivity contribution is 5.70. The molecule has 8 heteroatoms. The predicted octanol–water partition coefficient (Wildman–Crippen LogP) is 12.8. The number of quaternary nitrogens is 1. The van der Waals surface area contributed by atoms with Crippen molar-refractivity contribution in [1.82, 2.24) is 0 Å². The topological polar surface area (TPSA) is 102 Å². The molecule has 0 aromatic rings. The van der Waals surface area contributed by atoms with Gasteiger partial charge >= 0.3 is 11.9 Å². The van der Waals surface area contributed by atoms with Crippen molar-refractivity contribution >= 4 is 17.9 Å². The van der Waals surface area contributed by atoms with Crippen LogP contribution in [0.3, 0.4) is 0 Å². The minimum atomic E-state index is -1.13. The number of likely N-dealkylation sites (N-methyl/N-ethyl adjacent to an activating group) is 1. The highest BCUT2D eigenvalue weighted by Gasteiger charge is 2.25. The van der Waals surface area contributed by atoms with E-state index < -0.39 is 18.1 Å². The highest BCUT2D eigenvalue weighted by Crippen LogP contribution is 2.14. The fourth-order valence-electron chi connectivity index (χ4n) is 7.08. The average molecular weight is 856 g/mol. The minimum Gasteiger partial charge on any atom is -0.544 e. The highest BCUT2D eigenvalue weighted by atomic mass is 16.6. The summed E-state index contributed by atoms with van der Waals surface area (Å²) in [6.45, 7) is 4.54. The molecule has 0 heterocycles. The van der Waals surface area contributed by atoms with Gasteiger partial charge in [-0.25, -0.2) is 0 Å². The van der Waals surface area contributed by atoms with Crippen molar-refractivity contribution in [2.45, 2.75) is 219 Å². The third kappa shape index (κ3) is 42.1. The molecule has 0 aromatic heterocycles. The molecule has 2 unspecified atom stereocenters. The van der Waals surface area contributed by atoms with Crippen LogP contribution in [0, 0.1) is 0 Å². The second kappa shape index (κ2) is 43.7. The van der Waals surface area contributed by atoms with Crippen LogP contribution in [0.1, 0.15) is 206 Å².